The van der Waals surface area contributed by atoms with Gasteiger partial charge < -0.3 is 9.88 Å². The van der Waals surface area contributed by atoms with Gasteiger partial charge in [-0.05, 0) is 49.6 Å². The number of hydrogen-bond donors (Lipinski definition) is 1. The van der Waals surface area contributed by atoms with Crippen molar-refractivity contribution in [1.29, 1.82) is 0 Å². The average Bonchev–Trinajstić information content (AvgIpc) is 3.44. The molecule has 7 heteroatoms. The number of aromatic amines is 1. The Balaban J connectivity index is 1.55. The van der Waals surface area contributed by atoms with E-state index in [1.54, 1.807) is 11.3 Å². The number of nitrogens with one attached hydrogen (secondary N) is 1. The van der Waals surface area contributed by atoms with Crippen molar-refractivity contribution in [3.63, 3.8) is 0 Å². The van der Waals surface area contributed by atoms with Gasteiger partial charge in [-0.2, -0.15) is 0 Å². The molecule has 1 atom stereocenters. The molecule has 5 rings (SSSR count). The van der Waals surface area contributed by atoms with Crippen molar-refractivity contribution in [2.45, 2.75) is 26.3 Å². The van der Waals surface area contributed by atoms with E-state index in [4.69, 9.17) is 4.98 Å². The van der Waals surface area contributed by atoms with Gasteiger partial charge in [0.05, 0.1) is 27.0 Å². The van der Waals surface area contributed by atoms with Gasteiger partial charge in [0, 0.05) is 11.0 Å². The standard InChI is InChI=1S/C24H21BrN4OS/c1-13-10-19(23-27-18-9-4-6-14(2)20(18)28-23)29(12-13)24(30)21-22(31-15(3)26-21)16-7-5-8-17(25)11-16/h4-9,11,19H,1,10,12H2,2-3H3,(H,27,28). The lowest BCUT2D eigenvalue weighted by atomic mass is 10.1. The van der Waals surface area contributed by atoms with Gasteiger partial charge in [-0.1, -0.05) is 52.3 Å². The number of aromatic nitrogens is 3. The Morgan fingerprint density at radius 3 is 2.81 bits per heavy atom. The monoisotopic (exact) mass is 492 g/mol. The van der Waals surface area contributed by atoms with Crippen LogP contribution < -0.4 is 0 Å². The number of likely N-dealkylation sites (tertiary alicyclic amines) is 1. The normalized spacial score (nSPS) is 16.4. The van der Waals surface area contributed by atoms with Crippen LogP contribution in [0.25, 0.3) is 21.5 Å². The molecule has 1 aliphatic rings. The third-order valence-corrected chi connectivity index (χ3v) is 7.10. The zero-order valence-electron chi connectivity index (χ0n) is 17.3. The van der Waals surface area contributed by atoms with Gasteiger partial charge in [0.2, 0.25) is 0 Å². The quantitative estimate of drug-likeness (QED) is 0.345. The minimum absolute atomic E-state index is 0.0832. The molecule has 1 aliphatic heterocycles. The topological polar surface area (TPSA) is 61.9 Å². The van der Waals surface area contributed by atoms with Gasteiger partial charge in [-0.25, -0.2) is 9.97 Å². The lowest BCUT2D eigenvalue weighted by molar-refractivity contribution is 0.0728. The molecule has 5 nitrogen and oxygen atoms in total. The molecule has 2 aromatic carbocycles. The van der Waals surface area contributed by atoms with Crippen molar-refractivity contribution in [2.24, 2.45) is 0 Å². The number of fused-ring (bicyclic) bond motifs is 1. The second-order valence-corrected chi connectivity index (χ2v) is 10.0. The summed E-state index contributed by atoms with van der Waals surface area (Å²) in [5.41, 5.74) is 5.54. The van der Waals surface area contributed by atoms with Crippen LogP contribution in [0.3, 0.4) is 0 Å². The van der Waals surface area contributed by atoms with Crippen molar-refractivity contribution >= 4 is 44.2 Å². The van der Waals surface area contributed by atoms with E-state index in [9.17, 15) is 4.79 Å². The zero-order valence-corrected chi connectivity index (χ0v) is 19.7. The number of aryl methyl sites for hydroxylation is 2. The number of halogens is 1. The highest BCUT2D eigenvalue weighted by Crippen LogP contribution is 2.38. The van der Waals surface area contributed by atoms with Crippen LogP contribution in [0.15, 0.2) is 59.1 Å². The Kier molecular flexibility index (Phi) is 5.02. The number of benzene rings is 2. The highest BCUT2D eigenvalue weighted by molar-refractivity contribution is 9.10. The molecule has 4 aromatic rings. The molecule has 0 saturated carbocycles. The van der Waals surface area contributed by atoms with Crippen molar-refractivity contribution in [3.05, 3.63) is 81.2 Å². The first-order valence-electron chi connectivity index (χ1n) is 10.1. The maximum absolute atomic E-state index is 13.7. The first kappa shape index (κ1) is 20.2. The minimum Gasteiger partial charge on any atom is -0.340 e. The number of H-pyrrole nitrogens is 1. The minimum atomic E-state index is -0.177. The summed E-state index contributed by atoms with van der Waals surface area (Å²) in [5.74, 6) is 0.715. The van der Waals surface area contributed by atoms with Gasteiger partial charge in [-0.15, -0.1) is 11.3 Å². The molecule has 1 fully saturated rings. The predicted molar refractivity (Wildman–Crippen MR) is 128 cm³/mol. The fraction of sp³-hybridized carbons (Fsp3) is 0.208. The maximum Gasteiger partial charge on any atom is 0.274 e. The second kappa shape index (κ2) is 7.73. The SMILES string of the molecule is C=C1CC(c2nc3c(C)cccc3[nH]2)N(C(=O)c2nc(C)sc2-c2cccc(Br)c2)C1. The lowest BCUT2D eigenvalue weighted by Gasteiger charge is -2.22. The van der Waals surface area contributed by atoms with Crippen molar-refractivity contribution < 1.29 is 4.79 Å². The summed E-state index contributed by atoms with van der Waals surface area (Å²) in [6, 6.07) is 13.9. The number of carbonyl (C=O) groups is 1. The van der Waals surface area contributed by atoms with Gasteiger partial charge in [-0.3, -0.25) is 4.79 Å². The summed E-state index contributed by atoms with van der Waals surface area (Å²) >= 11 is 5.07. The molecule has 1 saturated heterocycles. The molecule has 156 valence electrons. The number of thiazole rings is 1. The first-order chi connectivity index (χ1) is 14.9. The molecule has 1 N–H and O–H groups in total. The number of nitrogens with zero attached hydrogens (tertiary/aromatic N) is 3. The van der Waals surface area contributed by atoms with Crippen LogP contribution in [-0.4, -0.2) is 32.3 Å². The molecular weight excluding hydrogens is 472 g/mol. The fourth-order valence-corrected chi connectivity index (χ4v) is 5.45. The van der Waals surface area contributed by atoms with E-state index in [0.29, 0.717) is 18.7 Å². The Morgan fingerprint density at radius 2 is 2.03 bits per heavy atom. The first-order valence-corrected chi connectivity index (χ1v) is 11.7. The molecule has 0 spiro atoms. The maximum atomic E-state index is 13.7. The van der Waals surface area contributed by atoms with Crippen LogP contribution >= 0.6 is 27.3 Å². The van der Waals surface area contributed by atoms with Gasteiger partial charge in [0.15, 0.2) is 0 Å². The van der Waals surface area contributed by atoms with E-state index >= 15 is 0 Å². The summed E-state index contributed by atoms with van der Waals surface area (Å²) in [5, 5.41) is 0.868. The molecule has 0 bridgehead atoms. The van der Waals surface area contributed by atoms with Crippen LogP contribution in [0.2, 0.25) is 0 Å². The van der Waals surface area contributed by atoms with E-state index in [1.807, 2.05) is 61.2 Å². The van der Waals surface area contributed by atoms with Gasteiger partial charge >= 0.3 is 0 Å². The smallest absolute Gasteiger partial charge is 0.274 e. The highest BCUT2D eigenvalue weighted by atomic mass is 79.9. The van der Waals surface area contributed by atoms with Gasteiger partial charge in [0.1, 0.15) is 11.5 Å². The van der Waals surface area contributed by atoms with Gasteiger partial charge in [0.25, 0.3) is 5.91 Å². The van der Waals surface area contributed by atoms with Crippen molar-refractivity contribution in [1.82, 2.24) is 19.9 Å². The van der Waals surface area contributed by atoms with Crippen molar-refractivity contribution in [3.8, 4) is 10.4 Å². The van der Waals surface area contributed by atoms with E-state index in [2.05, 4.69) is 32.5 Å². The molecule has 0 radical (unpaired) electrons. The number of amides is 1. The number of hydrogen-bond acceptors (Lipinski definition) is 4. The molecule has 3 heterocycles. The number of para-hydroxylation sites is 1. The van der Waals surface area contributed by atoms with E-state index in [-0.39, 0.29) is 11.9 Å². The third kappa shape index (κ3) is 3.62. The van der Waals surface area contributed by atoms with E-state index in [1.165, 1.54) is 0 Å². The summed E-state index contributed by atoms with van der Waals surface area (Å²) in [7, 11) is 0. The second-order valence-electron chi connectivity index (χ2n) is 7.92. The van der Waals surface area contributed by atoms with Crippen LogP contribution in [0.1, 0.15) is 39.3 Å². The summed E-state index contributed by atoms with van der Waals surface area (Å²) in [6.07, 6.45) is 0.694. The lowest BCUT2D eigenvalue weighted by Crippen LogP contribution is -2.31. The highest BCUT2D eigenvalue weighted by Gasteiger charge is 2.36. The largest absolute Gasteiger partial charge is 0.340 e. The zero-order chi connectivity index (χ0) is 21.7. The predicted octanol–water partition coefficient (Wildman–Crippen LogP) is 6.21. The third-order valence-electron chi connectivity index (χ3n) is 5.58. The summed E-state index contributed by atoms with van der Waals surface area (Å²) < 4.78 is 0.972. The fourth-order valence-electron chi connectivity index (χ4n) is 4.14. The van der Waals surface area contributed by atoms with Crippen LogP contribution in [0, 0.1) is 13.8 Å². The van der Waals surface area contributed by atoms with E-state index < -0.39 is 0 Å². The average molecular weight is 493 g/mol. The molecule has 31 heavy (non-hydrogen) atoms. The Morgan fingerprint density at radius 1 is 1.23 bits per heavy atom. The van der Waals surface area contributed by atoms with E-state index in [0.717, 1.165) is 47.9 Å². The Bertz CT molecular complexity index is 1340. The van der Waals surface area contributed by atoms with Crippen LogP contribution in [0.4, 0.5) is 0 Å². The van der Waals surface area contributed by atoms with Crippen molar-refractivity contribution in [2.75, 3.05) is 6.54 Å². The summed E-state index contributed by atoms with van der Waals surface area (Å²) in [4.78, 5) is 29.4. The number of imidazole rings is 1. The summed E-state index contributed by atoms with van der Waals surface area (Å²) in [6.45, 7) is 8.66. The number of rotatable bonds is 3. The molecule has 1 amide bonds. The molecule has 2 aromatic heterocycles. The molecule has 1 unspecified atom stereocenters. The van der Waals surface area contributed by atoms with Crippen LogP contribution in [0.5, 0.6) is 0 Å². The molecular formula is C24H21BrN4OS. The Hall–Kier alpha value is -2.77. The van der Waals surface area contributed by atoms with Crippen LogP contribution in [-0.2, 0) is 0 Å². The Labute approximate surface area is 193 Å². The molecule has 0 aliphatic carbocycles. The number of carbonyl (C=O) groups excluding carboxylic acids is 1.